The maximum Gasteiger partial charge on any atom is 0.231 e. The van der Waals surface area contributed by atoms with Gasteiger partial charge in [-0.1, -0.05) is 6.58 Å². The van der Waals surface area contributed by atoms with Gasteiger partial charge in [0.25, 0.3) is 0 Å². The van der Waals surface area contributed by atoms with Gasteiger partial charge in [-0.15, -0.1) is 0 Å². The van der Waals surface area contributed by atoms with E-state index >= 15 is 0 Å². The zero-order valence-corrected chi connectivity index (χ0v) is 8.52. The molecule has 1 rings (SSSR count). The first-order valence-electron chi connectivity index (χ1n) is 4.65. The molecule has 1 unspecified atom stereocenters. The van der Waals surface area contributed by atoms with Crippen LogP contribution >= 0.6 is 0 Å². The standard InChI is InChI=1S/C10H13NO4/c1-6(2)7(12)5-10(15)11-8(13)3-4-9(11)14/h10,15H,1,3-5H2,2H3. The molecule has 0 spiro atoms. The third-order valence-corrected chi connectivity index (χ3v) is 2.23. The van der Waals surface area contributed by atoms with Crippen LogP contribution in [0.1, 0.15) is 26.2 Å². The lowest BCUT2D eigenvalue weighted by molar-refractivity contribution is -0.150. The fraction of sp³-hybridized carbons (Fsp3) is 0.500. The molecule has 5 nitrogen and oxygen atoms in total. The van der Waals surface area contributed by atoms with Crippen LogP contribution in [-0.4, -0.2) is 33.8 Å². The van der Waals surface area contributed by atoms with Crippen molar-refractivity contribution in [3.05, 3.63) is 12.2 Å². The predicted molar refractivity (Wildman–Crippen MR) is 51.5 cm³/mol. The van der Waals surface area contributed by atoms with Crippen molar-refractivity contribution in [2.75, 3.05) is 0 Å². The molecule has 0 aromatic carbocycles. The van der Waals surface area contributed by atoms with Crippen molar-refractivity contribution in [1.29, 1.82) is 0 Å². The van der Waals surface area contributed by atoms with Crippen molar-refractivity contribution in [3.63, 3.8) is 0 Å². The van der Waals surface area contributed by atoms with Gasteiger partial charge in [0.05, 0.1) is 6.42 Å². The lowest BCUT2D eigenvalue weighted by atomic mass is 10.1. The van der Waals surface area contributed by atoms with Crippen LogP contribution in [-0.2, 0) is 14.4 Å². The third-order valence-electron chi connectivity index (χ3n) is 2.23. The Balaban J connectivity index is 2.64. The highest BCUT2D eigenvalue weighted by Crippen LogP contribution is 2.16. The van der Waals surface area contributed by atoms with Gasteiger partial charge in [-0.2, -0.15) is 0 Å². The van der Waals surface area contributed by atoms with E-state index in [2.05, 4.69) is 6.58 Å². The Labute approximate surface area is 87.4 Å². The van der Waals surface area contributed by atoms with E-state index in [-0.39, 0.29) is 25.0 Å². The van der Waals surface area contributed by atoms with E-state index in [1.165, 1.54) is 6.92 Å². The lowest BCUT2D eigenvalue weighted by Gasteiger charge is -2.20. The number of Topliss-reactive ketones (excluding diaryl/α,β-unsaturated/α-hetero) is 1. The fourth-order valence-corrected chi connectivity index (χ4v) is 1.36. The van der Waals surface area contributed by atoms with Crippen LogP contribution in [0.4, 0.5) is 0 Å². The SMILES string of the molecule is C=C(C)C(=O)CC(O)N1C(=O)CCC1=O. The second-order valence-electron chi connectivity index (χ2n) is 3.55. The zero-order valence-electron chi connectivity index (χ0n) is 8.52. The van der Waals surface area contributed by atoms with Crippen molar-refractivity contribution in [1.82, 2.24) is 4.90 Å². The summed E-state index contributed by atoms with van der Waals surface area (Å²) in [6.07, 6.45) is -1.40. The van der Waals surface area contributed by atoms with E-state index in [1.807, 2.05) is 0 Å². The number of likely N-dealkylation sites (tertiary alicyclic amines) is 1. The molecule has 1 fully saturated rings. The number of aliphatic hydroxyl groups excluding tert-OH is 1. The van der Waals surface area contributed by atoms with E-state index in [9.17, 15) is 19.5 Å². The quantitative estimate of drug-likeness (QED) is 0.524. The fourth-order valence-electron chi connectivity index (χ4n) is 1.36. The number of hydrogen-bond acceptors (Lipinski definition) is 4. The first-order chi connectivity index (χ1) is 6.93. The summed E-state index contributed by atoms with van der Waals surface area (Å²) in [5.41, 5.74) is 0.299. The van der Waals surface area contributed by atoms with Crippen molar-refractivity contribution in [2.24, 2.45) is 0 Å². The minimum atomic E-state index is -1.35. The normalized spacial score (nSPS) is 18.1. The number of allylic oxidation sites excluding steroid dienone is 1. The van der Waals surface area contributed by atoms with Crippen LogP contribution in [0.2, 0.25) is 0 Å². The average molecular weight is 211 g/mol. The Bertz CT molecular complexity index is 318. The molecular formula is C10H13NO4. The van der Waals surface area contributed by atoms with E-state index in [0.717, 1.165) is 4.90 Å². The number of hydrogen-bond donors (Lipinski definition) is 1. The summed E-state index contributed by atoms with van der Waals surface area (Å²) in [7, 11) is 0. The topological polar surface area (TPSA) is 74.7 Å². The second kappa shape index (κ2) is 4.35. The third kappa shape index (κ3) is 2.50. The van der Waals surface area contributed by atoms with Gasteiger partial charge in [0, 0.05) is 12.8 Å². The summed E-state index contributed by atoms with van der Waals surface area (Å²) in [6, 6.07) is 0. The molecule has 0 radical (unpaired) electrons. The van der Waals surface area contributed by atoms with Crippen LogP contribution in [0.5, 0.6) is 0 Å². The molecule has 0 aromatic rings. The van der Waals surface area contributed by atoms with Crippen LogP contribution in [0, 0.1) is 0 Å². The van der Waals surface area contributed by atoms with E-state index in [0.29, 0.717) is 5.57 Å². The molecule has 15 heavy (non-hydrogen) atoms. The van der Waals surface area contributed by atoms with Crippen molar-refractivity contribution >= 4 is 17.6 Å². The number of nitrogens with zero attached hydrogens (tertiary/aromatic N) is 1. The molecule has 1 heterocycles. The second-order valence-corrected chi connectivity index (χ2v) is 3.55. The van der Waals surface area contributed by atoms with Crippen molar-refractivity contribution in [3.8, 4) is 0 Å². The summed E-state index contributed by atoms with van der Waals surface area (Å²) in [6.45, 7) is 4.94. The number of aliphatic hydroxyl groups is 1. The van der Waals surface area contributed by atoms with Gasteiger partial charge >= 0.3 is 0 Å². The molecule has 0 saturated carbocycles. The summed E-state index contributed by atoms with van der Waals surface area (Å²) in [5, 5.41) is 9.53. The molecule has 0 aliphatic carbocycles. The molecule has 0 aromatic heterocycles. The average Bonchev–Trinajstić information content (AvgIpc) is 2.45. The van der Waals surface area contributed by atoms with Crippen LogP contribution in [0.3, 0.4) is 0 Å². The number of imide groups is 1. The zero-order chi connectivity index (χ0) is 11.6. The molecule has 2 amide bonds. The molecule has 0 bridgehead atoms. The highest BCUT2D eigenvalue weighted by Gasteiger charge is 2.34. The van der Waals surface area contributed by atoms with Crippen molar-refractivity contribution in [2.45, 2.75) is 32.4 Å². The van der Waals surface area contributed by atoms with Crippen molar-refractivity contribution < 1.29 is 19.5 Å². The largest absolute Gasteiger partial charge is 0.373 e. The van der Waals surface area contributed by atoms with Crippen LogP contribution in [0.15, 0.2) is 12.2 Å². The first kappa shape index (κ1) is 11.6. The molecule has 1 saturated heterocycles. The summed E-state index contributed by atoms with van der Waals surface area (Å²) < 4.78 is 0. The van der Waals surface area contributed by atoms with Gasteiger partial charge in [0.2, 0.25) is 11.8 Å². The predicted octanol–water partition coefficient (Wildman–Crippen LogP) is -0.0109. The van der Waals surface area contributed by atoms with E-state index in [1.54, 1.807) is 0 Å². The molecule has 82 valence electrons. The van der Waals surface area contributed by atoms with E-state index in [4.69, 9.17) is 0 Å². The molecule has 5 heteroatoms. The van der Waals surface area contributed by atoms with Gasteiger partial charge in [-0.3, -0.25) is 19.3 Å². The maximum absolute atomic E-state index is 11.2. The highest BCUT2D eigenvalue weighted by atomic mass is 16.3. The summed E-state index contributed by atoms with van der Waals surface area (Å²) in [4.78, 5) is 34.3. The van der Waals surface area contributed by atoms with Gasteiger partial charge < -0.3 is 5.11 Å². The maximum atomic E-state index is 11.2. The number of carbonyl (C=O) groups excluding carboxylic acids is 3. The number of ketones is 1. The Kier molecular flexibility index (Phi) is 3.36. The summed E-state index contributed by atoms with van der Waals surface area (Å²) in [5.74, 6) is -1.21. The smallest absolute Gasteiger partial charge is 0.231 e. The van der Waals surface area contributed by atoms with Gasteiger partial charge in [0.15, 0.2) is 5.78 Å². The van der Waals surface area contributed by atoms with Gasteiger partial charge in [-0.25, -0.2) is 0 Å². The van der Waals surface area contributed by atoms with Gasteiger partial charge in [0.1, 0.15) is 6.23 Å². The Hall–Kier alpha value is -1.49. The molecule has 1 aliphatic heterocycles. The number of carbonyl (C=O) groups is 3. The lowest BCUT2D eigenvalue weighted by Crippen LogP contribution is -2.40. The number of amides is 2. The molecule has 1 atom stereocenters. The highest BCUT2D eigenvalue weighted by molar-refractivity contribution is 6.03. The first-order valence-corrected chi connectivity index (χ1v) is 4.65. The summed E-state index contributed by atoms with van der Waals surface area (Å²) >= 11 is 0. The Morgan fingerprint density at radius 1 is 1.47 bits per heavy atom. The molecule has 1 N–H and O–H groups in total. The number of rotatable bonds is 4. The van der Waals surface area contributed by atoms with Gasteiger partial charge in [-0.05, 0) is 12.5 Å². The Morgan fingerprint density at radius 3 is 2.33 bits per heavy atom. The minimum absolute atomic E-state index is 0.108. The Morgan fingerprint density at radius 2 is 1.93 bits per heavy atom. The monoisotopic (exact) mass is 211 g/mol. The van der Waals surface area contributed by atoms with Crippen LogP contribution in [0.25, 0.3) is 0 Å². The molecule has 1 aliphatic rings. The van der Waals surface area contributed by atoms with E-state index < -0.39 is 18.0 Å². The van der Waals surface area contributed by atoms with Crippen LogP contribution < -0.4 is 0 Å². The minimum Gasteiger partial charge on any atom is -0.373 e. The molecular weight excluding hydrogens is 198 g/mol.